The third kappa shape index (κ3) is 2.39. The van der Waals surface area contributed by atoms with E-state index >= 15 is 0 Å². The highest BCUT2D eigenvalue weighted by Gasteiger charge is 2.25. The van der Waals surface area contributed by atoms with Crippen LogP contribution in [0.15, 0.2) is 11.0 Å². The summed E-state index contributed by atoms with van der Waals surface area (Å²) in [5.74, 6) is 0.851. The number of piperidine rings is 1. The van der Waals surface area contributed by atoms with Crippen molar-refractivity contribution in [2.75, 3.05) is 18.0 Å². The van der Waals surface area contributed by atoms with Gasteiger partial charge in [0, 0.05) is 32.2 Å². The van der Waals surface area contributed by atoms with Gasteiger partial charge in [0.05, 0.1) is 6.20 Å². The molecule has 0 bridgehead atoms. The van der Waals surface area contributed by atoms with Crippen LogP contribution in [0, 0.1) is 0 Å². The van der Waals surface area contributed by atoms with Gasteiger partial charge in [0.1, 0.15) is 11.0 Å². The molecule has 7 nitrogen and oxygen atoms in total. The number of hydrogen-bond acceptors (Lipinski definition) is 5. The van der Waals surface area contributed by atoms with Crippen molar-refractivity contribution >= 4 is 17.0 Å². The van der Waals surface area contributed by atoms with Crippen LogP contribution in [0.2, 0.25) is 0 Å². The lowest BCUT2D eigenvalue weighted by molar-refractivity contribution is 0.477. The van der Waals surface area contributed by atoms with E-state index in [1.165, 1.54) is 4.68 Å². The molecule has 1 saturated heterocycles. The van der Waals surface area contributed by atoms with Crippen molar-refractivity contribution in [2.24, 2.45) is 12.8 Å². The predicted octanol–water partition coefficient (Wildman–Crippen LogP) is 1.03. The number of aryl methyl sites for hydroxylation is 1. The lowest BCUT2D eigenvalue weighted by Gasteiger charge is -2.32. The minimum Gasteiger partial charge on any atom is -0.341 e. The zero-order valence-electron chi connectivity index (χ0n) is 13.5. The molecule has 2 aromatic heterocycles. The minimum atomic E-state index is -0.0992. The van der Waals surface area contributed by atoms with E-state index in [2.05, 4.69) is 28.4 Å². The number of nitrogens with two attached hydrogens (primary N) is 1. The van der Waals surface area contributed by atoms with Crippen molar-refractivity contribution in [3.8, 4) is 0 Å². The average molecular weight is 304 g/mol. The van der Waals surface area contributed by atoms with Gasteiger partial charge in [-0.15, -0.1) is 0 Å². The Hall–Kier alpha value is -1.89. The second kappa shape index (κ2) is 5.72. The van der Waals surface area contributed by atoms with Gasteiger partial charge in [-0.25, -0.2) is 9.67 Å². The van der Waals surface area contributed by atoms with Crippen LogP contribution in [0.3, 0.4) is 0 Å². The molecule has 2 atom stereocenters. The van der Waals surface area contributed by atoms with Crippen LogP contribution in [-0.2, 0) is 7.05 Å². The van der Waals surface area contributed by atoms with Crippen LogP contribution in [0.4, 0.5) is 5.95 Å². The monoisotopic (exact) mass is 304 g/mol. The first-order chi connectivity index (χ1) is 10.5. The summed E-state index contributed by atoms with van der Waals surface area (Å²) >= 11 is 0. The van der Waals surface area contributed by atoms with E-state index in [1.807, 2.05) is 0 Å². The largest absolute Gasteiger partial charge is 0.341 e. The molecular weight excluding hydrogens is 280 g/mol. The number of fused-ring (bicyclic) bond motifs is 1. The number of anilines is 1. The first kappa shape index (κ1) is 15.0. The highest BCUT2D eigenvalue weighted by atomic mass is 16.1. The number of rotatable bonds is 3. The molecule has 2 N–H and O–H groups in total. The van der Waals surface area contributed by atoms with E-state index in [-0.39, 0.29) is 17.6 Å². The Labute approximate surface area is 129 Å². The van der Waals surface area contributed by atoms with Crippen LogP contribution >= 0.6 is 0 Å². The molecule has 1 fully saturated rings. The first-order valence-electron chi connectivity index (χ1n) is 7.97. The maximum atomic E-state index is 12.5. The Morgan fingerprint density at radius 3 is 2.95 bits per heavy atom. The summed E-state index contributed by atoms with van der Waals surface area (Å²) in [6.45, 7) is 5.96. The minimum absolute atomic E-state index is 0.0992. The van der Waals surface area contributed by atoms with Gasteiger partial charge in [-0.2, -0.15) is 5.10 Å². The molecule has 0 spiro atoms. The Bertz CT molecular complexity index is 733. The standard InChI is InChI=1S/C15H24N6O/c1-4-10(2)21-13-12(8-17-19(3)14(13)22)18-15(21)20-7-5-6-11(16)9-20/h8,10-11H,4-7,9,16H2,1-3H3. The summed E-state index contributed by atoms with van der Waals surface area (Å²) < 4.78 is 3.44. The van der Waals surface area contributed by atoms with Gasteiger partial charge < -0.3 is 15.2 Å². The molecule has 7 heteroatoms. The topological polar surface area (TPSA) is 82.0 Å². The SMILES string of the molecule is CCC(C)n1c(N2CCCC(N)C2)nc2cnn(C)c(=O)c21. The van der Waals surface area contributed by atoms with Crippen LogP contribution in [0.1, 0.15) is 39.2 Å². The molecule has 2 unspecified atom stereocenters. The van der Waals surface area contributed by atoms with Crippen molar-refractivity contribution < 1.29 is 0 Å². The summed E-state index contributed by atoms with van der Waals surface area (Å²) in [4.78, 5) is 19.4. The maximum Gasteiger partial charge on any atom is 0.292 e. The molecule has 1 aliphatic rings. The van der Waals surface area contributed by atoms with Crippen LogP contribution < -0.4 is 16.2 Å². The highest BCUT2D eigenvalue weighted by Crippen LogP contribution is 2.27. The van der Waals surface area contributed by atoms with Gasteiger partial charge in [-0.05, 0) is 26.2 Å². The van der Waals surface area contributed by atoms with Crippen LogP contribution in [-0.4, -0.2) is 38.5 Å². The Morgan fingerprint density at radius 1 is 1.50 bits per heavy atom. The van der Waals surface area contributed by atoms with E-state index in [9.17, 15) is 4.79 Å². The lowest BCUT2D eigenvalue weighted by Crippen LogP contribution is -2.44. The van der Waals surface area contributed by atoms with E-state index in [1.54, 1.807) is 13.2 Å². The van der Waals surface area contributed by atoms with Gasteiger partial charge in [0.25, 0.3) is 5.56 Å². The second-order valence-electron chi connectivity index (χ2n) is 6.19. The number of nitrogens with zero attached hydrogens (tertiary/aromatic N) is 5. The van der Waals surface area contributed by atoms with E-state index < -0.39 is 0 Å². The molecule has 22 heavy (non-hydrogen) atoms. The second-order valence-corrected chi connectivity index (χ2v) is 6.19. The van der Waals surface area contributed by atoms with Crippen molar-refractivity contribution in [1.82, 2.24) is 19.3 Å². The van der Waals surface area contributed by atoms with Crippen molar-refractivity contribution in [3.63, 3.8) is 0 Å². The van der Waals surface area contributed by atoms with Gasteiger partial charge in [0.15, 0.2) is 0 Å². The van der Waals surface area contributed by atoms with E-state index in [0.717, 1.165) is 38.3 Å². The van der Waals surface area contributed by atoms with Crippen molar-refractivity contribution in [1.29, 1.82) is 0 Å². The van der Waals surface area contributed by atoms with E-state index in [4.69, 9.17) is 10.7 Å². The molecule has 2 aromatic rings. The van der Waals surface area contributed by atoms with Gasteiger partial charge in [0.2, 0.25) is 5.95 Å². The number of hydrogen-bond donors (Lipinski definition) is 1. The van der Waals surface area contributed by atoms with Crippen molar-refractivity contribution in [2.45, 2.75) is 45.2 Å². The third-order valence-corrected chi connectivity index (χ3v) is 4.54. The molecule has 1 aliphatic heterocycles. The zero-order valence-corrected chi connectivity index (χ0v) is 13.5. The average Bonchev–Trinajstić information content (AvgIpc) is 2.90. The Kier molecular flexibility index (Phi) is 3.90. The molecule has 0 amide bonds. The van der Waals surface area contributed by atoms with E-state index in [0.29, 0.717) is 11.0 Å². The molecule has 3 heterocycles. The molecule has 0 saturated carbocycles. The molecule has 0 aliphatic carbocycles. The molecular formula is C15H24N6O. The summed E-state index contributed by atoms with van der Waals surface area (Å²) in [7, 11) is 1.67. The lowest BCUT2D eigenvalue weighted by atomic mass is 10.1. The molecule has 0 radical (unpaired) electrons. The third-order valence-electron chi connectivity index (χ3n) is 4.54. The van der Waals surface area contributed by atoms with Gasteiger partial charge >= 0.3 is 0 Å². The smallest absolute Gasteiger partial charge is 0.292 e. The Morgan fingerprint density at radius 2 is 2.27 bits per heavy atom. The fourth-order valence-electron chi connectivity index (χ4n) is 3.10. The molecule has 3 rings (SSSR count). The quantitative estimate of drug-likeness (QED) is 0.916. The van der Waals surface area contributed by atoms with Gasteiger partial charge in [-0.3, -0.25) is 4.79 Å². The molecule has 120 valence electrons. The Balaban J connectivity index is 2.21. The van der Waals surface area contributed by atoms with Gasteiger partial charge in [-0.1, -0.05) is 6.92 Å². The summed E-state index contributed by atoms with van der Waals surface area (Å²) in [6, 6.07) is 0.369. The summed E-state index contributed by atoms with van der Waals surface area (Å²) in [5, 5.41) is 4.09. The fraction of sp³-hybridized carbons (Fsp3) is 0.667. The summed E-state index contributed by atoms with van der Waals surface area (Å²) in [6.07, 6.45) is 4.71. The zero-order chi connectivity index (χ0) is 15.9. The first-order valence-corrected chi connectivity index (χ1v) is 7.97. The summed E-state index contributed by atoms with van der Waals surface area (Å²) in [5.41, 5.74) is 7.32. The predicted molar refractivity (Wildman–Crippen MR) is 87.2 cm³/mol. The maximum absolute atomic E-state index is 12.5. The van der Waals surface area contributed by atoms with Crippen molar-refractivity contribution in [3.05, 3.63) is 16.6 Å². The van der Waals surface area contributed by atoms with Crippen LogP contribution in [0.5, 0.6) is 0 Å². The number of imidazole rings is 1. The number of aromatic nitrogens is 4. The molecule has 0 aromatic carbocycles. The fourth-order valence-corrected chi connectivity index (χ4v) is 3.10. The normalized spacial score (nSPS) is 20.5. The highest BCUT2D eigenvalue weighted by molar-refractivity contribution is 5.77. The van der Waals surface area contributed by atoms with Crippen LogP contribution in [0.25, 0.3) is 11.0 Å².